The standard InChI is InChI=1S/C33H25NO5/c35-21-30(34-20-22-8-3-1-4-9-22)38-26-15-13-23(14-16-26)31-27-18-25-12-7-17-37-28(25)19-29(27)39-33(31)32(36)24-10-5-2-6-11-24/h1-11,13-19,21,30,34H,12,20H2. The van der Waals surface area contributed by atoms with Gasteiger partial charge < -0.3 is 13.9 Å². The molecule has 6 heteroatoms. The second-order valence-electron chi connectivity index (χ2n) is 9.22. The Bertz CT molecular complexity index is 1650. The molecule has 4 aromatic carbocycles. The highest BCUT2D eigenvalue weighted by molar-refractivity contribution is 6.15. The second-order valence-corrected chi connectivity index (χ2v) is 9.22. The quantitative estimate of drug-likeness (QED) is 0.138. The molecule has 6 nitrogen and oxygen atoms in total. The lowest BCUT2D eigenvalue weighted by Crippen LogP contribution is -2.35. The lowest BCUT2D eigenvalue weighted by molar-refractivity contribution is -0.115. The van der Waals surface area contributed by atoms with Gasteiger partial charge in [0.15, 0.2) is 12.0 Å². The molecule has 0 fully saturated rings. The third-order valence-electron chi connectivity index (χ3n) is 6.62. The summed E-state index contributed by atoms with van der Waals surface area (Å²) in [5.41, 5.74) is 4.69. The highest BCUT2D eigenvalue weighted by Crippen LogP contribution is 2.40. The van der Waals surface area contributed by atoms with Gasteiger partial charge in [-0.05, 0) is 47.4 Å². The molecule has 2 heterocycles. The number of hydrogen-bond donors (Lipinski definition) is 1. The average Bonchev–Trinajstić information content (AvgIpc) is 3.37. The van der Waals surface area contributed by atoms with Gasteiger partial charge in [0.2, 0.25) is 12.0 Å². The summed E-state index contributed by atoms with van der Waals surface area (Å²) in [5, 5.41) is 3.93. The number of benzene rings is 4. The highest BCUT2D eigenvalue weighted by atomic mass is 16.5. The predicted molar refractivity (Wildman–Crippen MR) is 149 cm³/mol. The van der Waals surface area contributed by atoms with Crippen molar-refractivity contribution in [3.63, 3.8) is 0 Å². The monoisotopic (exact) mass is 515 g/mol. The summed E-state index contributed by atoms with van der Waals surface area (Å²) < 4.78 is 17.7. The van der Waals surface area contributed by atoms with Crippen molar-refractivity contribution in [2.45, 2.75) is 19.2 Å². The van der Waals surface area contributed by atoms with Crippen molar-refractivity contribution in [3.8, 4) is 22.6 Å². The molecular weight excluding hydrogens is 490 g/mol. The van der Waals surface area contributed by atoms with Crippen LogP contribution in [0.4, 0.5) is 0 Å². The Balaban J connectivity index is 1.32. The van der Waals surface area contributed by atoms with Crippen molar-refractivity contribution in [2.24, 2.45) is 0 Å². The fourth-order valence-electron chi connectivity index (χ4n) is 4.68. The van der Waals surface area contributed by atoms with Crippen LogP contribution in [0.3, 0.4) is 0 Å². The summed E-state index contributed by atoms with van der Waals surface area (Å²) in [7, 11) is 0. The predicted octanol–water partition coefficient (Wildman–Crippen LogP) is 6.47. The van der Waals surface area contributed by atoms with Gasteiger partial charge in [0.1, 0.15) is 17.1 Å². The molecule has 5 aromatic rings. The minimum absolute atomic E-state index is 0.203. The van der Waals surface area contributed by atoms with E-state index in [1.54, 1.807) is 30.5 Å². The van der Waals surface area contributed by atoms with Gasteiger partial charge in [-0.3, -0.25) is 14.9 Å². The van der Waals surface area contributed by atoms with Gasteiger partial charge >= 0.3 is 0 Å². The van der Waals surface area contributed by atoms with Crippen LogP contribution in [-0.2, 0) is 17.8 Å². The maximum atomic E-state index is 13.6. The summed E-state index contributed by atoms with van der Waals surface area (Å²) >= 11 is 0. The van der Waals surface area contributed by atoms with Crippen LogP contribution in [0.1, 0.15) is 27.2 Å². The Morgan fingerprint density at radius 2 is 1.69 bits per heavy atom. The number of carbonyl (C=O) groups excluding carboxylic acids is 2. The molecular formula is C33H25NO5. The van der Waals surface area contributed by atoms with Crippen LogP contribution in [0.15, 0.2) is 114 Å². The van der Waals surface area contributed by atoms with E-state index in [4.69, 9.17) is 13.9 Å². The summed E-state index contributed by atoms with van der Waals surface area (Å²) in [4.78, 5) is 25.2. The minimum atomic E-state index is -0.805. The Hall–Kier alpha value is -4.94. The number of ether oxygens (including phenoxy) is 2. The molecule has 1 N–H and O–H groups in total. The zero-order valence-electron chi connectivity index (χ0n) is 21.0. The number of hydrogen-bond acceptors (Lipinski definition) is 6. The fraction of sp³-hybridized carbons (Fsp3) is 0.0909. The summed E-state index contributed by atoms with van der Waals surface area (Å²) in [5.74, 6) is 1.30. The van der Waals surface area contributed by atoms with E-state index in [1.165, 1.54) is 0 Å². The van der Waals surface area contributed by atoms with Crippen molar-refractivity contribution in [2.75, 3.05) is 0 Å². The van der Waals surface area contributed by atoms with E-state index in [-0.39, 0.29) is 11.5 Å². The molecule has 0 saturated heterocycles. The molecule has 0 bridgehead atoms. The molecule has 0 radical (unpaired) electrons. The van der Waals surface area contributed by atoms with Crippen molar-refractivity contribution in [3.05, 3.63) is 132 Å². The van der Waals surface area contributed by atoms with Gasteiger partial charge in [0.25, 0.3) is 0 Å². The molecule has 1 unspecified atom stereocenters. The molecule has 0 amide bonds. The topological polar surface area (TPSA) is 77.8 Å². The molecule has 0 saturated carbocycles. The van der Waals surface area contributed by atoms with Crippen LogP contribution in [0.5, 0.6) is 11.5 Å². The summed E-state index contributed by atoms with van der Waals surface area (Å²) in [6.07, 6.45) is 4.27. The van der Waals surface area contributed by atoms with Gasteiger partial charge in [-0.2, -0.15) is 0 Å². The Labute approximate surface area is 225 Å². The number of nitrogens with one attached hydrogen (secondary N) is 1. The summed E-state index contributed by atoms with van der Waals surface area (Å²) in [6, 6.07) is 30.0. The van der Waals surface area contributed by atoms with Crippen LogP contribution in [0.2, 0.25) is 0 Å². The zero-order chi connectivity index (χ0) is 26.6. The van der Waals surface area contributed by atoms with E-state index >= 15 is 0 Å². The first-order valence-electron chi connectivity index (χ1n) is 12.7. The molecule has 39 heavy (non-hydrogen) atoms. The molecule has 1 aliphatic heterocycles. The maximum absolute atomic E-state index is 13.6. The molecule has 192 valence electrons. The Morgan fingerprint density at radius 1 is 0.949 bits per heavy atom. The largest absolute Gasteiger partial charge is 0.468 e. The van der Waals surface area contributed by atoms with Crippen LogP contribution in [-0.4, -0.2) is 18.3 Å². The van der Waals surface area contributed by atoms with Gasteiger partial charge in [-0.1, -0.05) is 72.8 Å². The number of furan rings is 1. The second kappa shape index (κ2) is 10.8. The van der Waals surface area contributed by atoms with Crippen LogP contribution < -0.4 is 14.8 Å². The van der Waals surface area contributed by atoms with Crippen LogP contribution in [0, 0.1) is 0 Å². The lowest BCUT2D eigenvalue weighted by atomic mass is 9.96. The summed E-state index contributed by atoms with van der Waals surface area (Å²) in [6.45, 7) is 0.498. The van der Waals surface area contributed by atoms with Gasteiger partial charge in [-0.25, -0.2) is 0 Å². The van der Waals surface area contributed by atoms with E-state index < -0.39 is 6.23 Å². The van der Waals surface area contributed by atoms with Crippen molar-refractivity contribution in [1.29, 1.82) is 0 Å². The lowest BCUT2D eigenvalue weighted by Gasteiger charge is -2.15. The maximum Gasteiger partial charge on any atom is 0.228 e. The van der Waals surface area contributed by atoms with E-state index in [0.29, 0.717) is 29.0 Å². The van der Waals surface area contributed by atoms with Crippen LogP contribution in [0.25, 0.3) is 22.1 Å². The highest BCUT2D eigenvalue weighted by Gasteiger charge is 2.25. The van der Waals surface area contributed by atoms with E-state index in [2.05, 4.69) is 5.32 Å². The van der Waals surface area contributed by atoms with Crippen LogP contribution >= 0.6 is 0 Å². The fourth-order valence-corrected chi connectivity index (χ4v) is 4.68. The average molecular weight is 516 g/mol. The number of rotatable bonds is 9. The van der Waals surface area contributed by atoms with Crippen molar-refractivity contribution >= 4 is 23.0 Å². The molecule has 1 aliphatic rings. The van der Waals surface area contributed by atoms with E-state index in [0.717, 1.165) is 40.5 Å². The smallest absolute Gasteiger partial charge is 0.228 e. The number of carbonyl (C=O) groups is 2. The minimum Gasteiger partial charge on any atom is -0.468 e. The zero-order valence-corrected chi connectivity index (χ0v) is 21.0. The Morgan fingerprint density at radius 3 is 2.44 bits per heavy atom. The molecule has 6 rings (SSSR count). The molecule has 1 aromatic heterocycles. The SMILES string of the molecule is O=CC(NCc1ccccc1)Oc1ccc(-c2c(C(=O)c3ccccc3)oc3cc4c(cc23)CC=CO4)cc1. The number of aldehydes is 1. The molecule has 1 atom stereocenters. The van der Waals surface area contributed by atoms with Crippen molar-refractivity contribution < 1.29 is 23.5 Å². The molecule has 0 spiro atoms. The van der Waals surface area contributed by atoms with Gasteiger partial charge in [0, 0.05) is 29.1 Å². The first-order valence-corrected chi connectivity index (χ1v) is 12.7. The number of allylic oxidation sites excluding steroid dienone is 1. The normalized spacial score (nSPS) is 12.9. The van der Waals surface area contributed by atoms with E-state index in [9.17, 15) is 9.59 Å². The third kappa shape index (κ3) is 5.10. The number of ketones is 1. The van der Waals surface area contributed by atoms with E-state index in [1.807, 2.05) is 78.9 Å². The van der Waals surface area contributed by atoms with Gasteiger partial charge in [-0.15, -0.1) is 0 Å². The van der Waals surface area contributed by atoms with Gasteiger partial charge in [0.05, 0.1) is 6.26 Å². The number of fused-ring (bicyclic) bond motifs is 2. The first kappa shape index (κ1) is 24.4. The van der Waals surface area contributed by atoms with Crippen molar-refractivity contribution in [1.82, 2.24) is 5.32 Å². The Kier molecular flexibility index (Phi) is 6.76. The third-order valence-corrected chi connectivity index (χ3v) is 6.62. The molecule has 0 aliphatic carbocycles. The first-order chi connectivity index (χ1) is 19.2.